The first-order valence-corrected chi connectivity index (χ1v) is 17.1. The average Bonchev–Trinajstić information content (AvgIpc) is 3.03. The summed E-state index contributed by atoms with van der Waals surface area (Å²) < 4.78 is 21.9. The molecule has 10 nitrogen and oxygen atoms in total. The molecule has 1 heterocycles. The topological polar surface area (TPSA) is 152 Å². The van der Waals surface area contributed by atoms with Crippen LogP contribution in [0.2, 0.25) is 0 Å². The molecule has 4 N–H and O–H groups in total. The molecule has 1 rings (SSSR count). The van der Waals surface area contributed by atoms with Crippen molar-refractivity contribution in [3.63, 3.8) is 0 Å². The largest absolute Gasteiger partial charge is 0.462 e. The van der Waals surface area contributed by atoms with Crippen molar-refractivity contribution in [3.8, 4) is 0 Å². The minimum absolute atomic E-state index is 0.195. The number of aliphatic hydroxyl groups is 4. The van der Waals surface area contributed by atoms with Crippen LogP contribution in [0.15, 0.2) is 36.5 Å². The Kier molecular flexibility index (Phi) is 24.6. The molecule has 0 saturated carbocycles. The van der Waals surface area contributed by atoms with E-state index in [1.807, 2.05) is 0 Å². The molecular formula is C35H60O10. The first-order chi connectivity index (χ1) is 21.8. The van der Waals surface area contributed by atoms with Crippen molar-refractivity contribution >= 4 is 11.9 Å². The average molecular weight is 641 g/mol. The molecule has 0 amide bonds. The summed E-state index contributed by atoms with van der Waals surface area (Å²) >= 11 is 0. The maximum absolute atomic E-state index is 12.6. The van der Waals surface area contributed by atoms with Crippen molar-refractivity contribution in [2.24, 2.45) is 0 Å². The smallest absolute Gasteiger partial charge is 0.306 e. The number of carbonyl (C=O) groups is 2. The van der Waals surface area contributed by atoms with Crippen molar-refractivity contribution in [1.29, 1.82) is 0 Å². The van der Waals surface area contributed by atoms with E-state index in [-0.39, 0.29) is 26.1 Å². The molecule has 0 aromatic heterocycles. The van der Waals surface area contributed by atoms with Crippen LogP contribution in [0.5, 0.6) is 0 Å². The second kappa shape index (κ2) is 27.1. The quantitative estimate of drug-likeness (QED) is 0.0563. The first kappa shape index (κ1) is 40.9. The van der Waals surface area contributed by atoms with Gasteiger partial charge < -0.3 is 39.4 Å². The predicted molar refractivity (Wildman–Crippen MR) is 173 cm³/mol. The Morgan fingerprint density at radius 1 is 0.711 bits per heavy atom. The highest BCUT2D eigenvalue weighted by molar-refractivity contribution is 5.70. The van der Waals surface area contributed by atoms with Crippen molar-refractivity contribution in [2.45, 2.75) is 153 Å². The van der Waals surface area contributed by atoms with E-state index < -0.39 is 55.4 Å². The number of esters is 2. The van der Waals surface area contributed by atoms with Crippen LogP contribution in [0.4, 0.5) is 0 Å². The van der Waals surface area contributed by atoms with Gasteiger partial charge in [-0.15, -0.1) is 0 Å². The molecule has 10 heteroatoms. The monoisotopic (exact) mass is 640 g/mol. The standard InChI is InChI=1S/C35H60O10/c1-3-5-7-9-11-12-13-14-15-16-18-20-22-24-31(38)44-28(26-42-30(37)23-21-19-17-10-8-6-4-2)27-43-35-34(41)33(40)32(39)29(25-36)45-35/h5,7,11-12,14-15,28-29,32-36,39-41H,3-4,6,8-10,13,16-27H2,1-2H3/b7-5-,12-11-,15-14-. The fraction of sp³-hybridized carbons (Fsp3) is 0.771. The molecule has 1 fully saturated rings. The minimum atomic E-state index is -1.60. The molecule has 0 aromatic rings. The summed E-state index contributed by atoms with van der Waals surface area (Å²) in [6.45, 7) is 3.18. The van der Waals surface area contributed by atoms with Gasteiger partial charge in [0, 0.05) is 12.8 Å². The molecule has 1 aliphatic rings. The van der Waals surface area contributed by atoms with E-state index in [1.54, 1.807) is 0 Å². The Bertz CT molecular complexity index is 840. The molecule has 0 radical (unpaired) electrons. The predicted octanol–water partition coefficient (Wildman–Crippen LogP) is 5.21. The number of allylic oxidation sites excluding steroid dienone is 6. The Hall–Kier alpha value is -2.08. The van der Waals surface area contributed by atoms with Gasteiger partial charge in [0.05, 0.1) is 13.2 Å². The number of unbranched alkanes of at least 4 members (excludes halogenated alkanes) is 9. The van der Waals surface area contributed by atoms with Gasteiger partial charge in [-0.25, -0.2) is 0 Å². The number of carbonyl (C=O) groups excluding carboxylic acids is 2. The zero-order valence-corrected chi connectivity index (χ0v) is 27.6. The molecule has 0 bridgehead atoms. The molecule has 45 heavy (non-hydrogen) atoms. The number of hydrogen-bond acceptors (Lipinski definition) is 10. The summed E-state index contributed by atoms with van der Waals surface area (Å²) in [7, 11) is 0. The Morgan fingerprint density at radius 2 is 1.31 bits per heavy atom. The molecule has 1 aliphatic heterocycles. The summed E-state index contributed by atoms with van der Waals surface area (Å²) in [5, 5.41) is 39.7. The van der Waals surface area contributed by atoms with Crippen LogP contribution in [-0.2, 0) is 28.5 Å². The van der Waals surface area contributed by atoms with Crippen LogP contribution in [-0.4, -0.2) is 89.0 Å². The number of ether oxygens (including phenoxy) is 4. The van der Waals surface area contributed by atoms with Crippen LogP contribution >= 0.6 is 0 Å². The molecule has 0 aromatic carbocycles. The highest BCUT2D eigenvalue weighted by atomic mass is 16.7. The van der Waals surface area contributed by atoms with Crippen molar-refractivity contribution in [1.82, 2.24) is 0 Å². The number of hydrogen-bond donors (Lipinski definition) is 4. The lowest BCUT2D eigenvalue weighted by Gasteiger charge is -2.39. The third kappa shape index (κ3) is 19.9. The van der Waals surface area contributed by atoms with E-state index in [0.717, 1.165) is 64.2 Å². The minimum Gasteiger partial charge on any atom is -0.462 e. The van der Waals surface area contributed by atoms with Gasteiger partial charge in [-0.05, 0) is 44.9 Å². The molecule has 1 saturated heterocycles. The Balaban J connectivity index is 2.48. The lowest BCUT2D eigenvalue weighted by molar-refractivity contribution is -0.305. The first-order valence-electron chi connectivity index (χ1n) is 17.1. The SMILES string of the molecule is CC/C=C\C/C=C\C/C=C\CCCCCC(=O)OC(COC(=O)CCCCCCCCC)COC1OC(CO)C(O)C(O)C1O. The van der Waals surface area contributed by atoms with E-state index in [1.165, 1.54) is 19.3 Å². The van der Waals surface area contributed by atoms with E-state index in [9.17, 15) is 30.0 Å². The Morgan fingerprint density at radius 3 is 1.98 bits per heavy atom. The lowest BCUT2D eigenvalue weighted by atomic mass is 9.99. The van der Waals surface area contributed by atoms with Crippen LogP contribution in [0.3, 0.4) is 0 Å². The molecule has 260 valence electrons. The fourth-order valence-corrected chi connectivity index (χ4v) is 4.79. The van der Waals surface area contributed by atoms with Gasteiger partial charge in [-0.1, -0.05) is 95.2 Å². The van der Waals surface area contributed by atoms with Crippen LogP contribution < -0.4 is 0 Å². The van der Waals surface area contributed by atoms with E-state index in [4.69, 9.17) is 18.9 Å². The second-order valence-electron chi connectivity index (χ2n) is 11.6. The third-order valence-corrected chi connectivity index (χ3v) is 7.54. The van der Waals surface area contributed by atoms with Crippen molar-refractivity contribution in [2.75, 3.05) is 19.8 Å². The summed E-state index contributed by atoms with van der Waals surface area (Å²) in [6, 6.07) is 0. The fourth-order valence-electron chi connectivity index (χ4n) is 4.79. The highest BCUT2D eigenvalue weighted by Crippen LogP contribution is 2.22. The number of aliphatic hydroxyl groups excluding tert-OH is 4. The van der Waals surface area contributed by atoms with Gasteiger partial charge in [0.25, 0.3) is 0 Å². The maximum atomic E-state index is 12.6. The van der Waals surface area contributed by atoms with Gasteiger partial charge in [0.15, 0.2) is 12.4 Å². The molecule has 0 spiro atoms. The van der Waals surface area contributed by atoms with Gasteiger partial charge in [-0.2, -0.15) is 0 Å². The molecule has 6 atom stereocenters. The highest BCUT2D eigenvalue weighted by Gasteiger charge is 2.44. The van der Waals surface area contributed by atoms with Crippen molar-refractivity contribution < 1.29 is 49.0 Å². The van der Waals surface area contributed by atoms with Crippen LogP contribution in [0.1, 0.15) is 117 Å². The van der Waals surface area contributed by atoms with E-state index >= 15 is 0 Å². The van der Waals surface area contributed by atoms with Gasteiger partial charge >= 0.3 is 11.9 Å². The summed E-state index contributed by atoms with van der Waals surface area (Å²) in [5.41, 5.74) is 0. The van der Waals surface area contributed by atoms with E-state index in [2.05, 4.69) is 50.3 Å². The molecule has 6 unspecified atom stereocenters. The van der Waals surface area contributed by atoms with Gasteiger partial charge in [0.1, 0.15) is 31.0 Å². The Labute approximate surface area is 270 Å². The lowest BCUT2D eigenvalue weighted by Crippen LogP contribution is -2.59. The van der Waals surface area contributed by atoms with E-state index in [0.29, 0.717) is 6.42 Å². The van der Waals surface area contributed by atoms with Crippen LogP contribution in [0.25, 0.3) is 0 Å². The summed E-state index contributed by atoms with van der Waals surface area (Å²) in [4.78, 5) is 24.9. The zero-order chi connectivity index (χ0) is 33.1. The second-order valence-corrected chi connectivity index (χ2v) is 11.6. The van der Waals surface area contributed by atoms with Crippen LogP contribution in [0, 0.1) is 0 Å². The van der Waals surface area contributed by atoms with Crippen molar-refractivity contribution in [3.05, 3.63) is 36.5 Å². The number of rotatable bonds is 26. The summed E-state index contributed by atoms with van der Waals surface area (Å²) in [5.74, 6) is -0.854. The van der Waals surface area contributed by atoms with Gasteiger partial charge in [0.2, 0.25) is 0 Å². The zero-order valence-electron chi connectivity index (χ0n) is 27.6. The molecular weight excluding hydrogens is 580 g/mol. The maximum Gasteiger partial charge on any atom is 0.306 e. The van der Waals surface area contributed by atoms with Gasteiger partial charge in [-0.3, -0.25) is 9.59 Å². The normalized spacial score (nSPS) is 22.8. The molecule has 0 aliphatic carbocycles. The summed E-state index contributed by atoms with van der Waals surface area (Å²) in [6.07, 6.45) is 19.0. The third-order valence-electron chi connectivity index (χ3n) is 7.54.